The van der Waals surface area contributed by atoms with Crippen molar-refractivity contribution < 1.29 is 23.0 Å². The second-order valence-corrected chi connectivity index (χ2v) is 8.38. The van der Waals surface area contributed by atoms with Gasteiger partial charge in [-0.25, -0.2) is 18.4 Å². The lowest BCUT2D eigenvalue weighted by Gasteiger charge is -2.12. The van der Waals surface area contributed by atoms with Crippen molar-refractivity contribution in [2.45, 2.75) is 0 Å². The van der Waals surface area contributed by atoms with Crippen molar-refractivity contribution in [2.24, 2.45) is 10.1 Å². The number of benzene rings is 2. The third-order valence-electron chi connectivity index (χ3n) is 4.63. The number of hydrogen-bond acceptors (Lipinski definition) is 7. The zero-order chi connectivity index (χ0) is 23.4. The van der Waals surface area contributed by atoms with Gasteiger partial charge in [0.05, 0.1) is 38.1 Å². The first kappa shape index (κ1) is 22.7. The van der Waals surface area contributed by atoms with Gasteiger partial charge in [-0.1, -0.05) is 6.07 Å². The Bertz CT molecular complexity index is 1360. The van der Waals surface area contributed by atoms with E-state index in [0.29, 0.717) is 27.6 Å². The summed E-state index contributed by atoms with van der Waals surface area (Å²) in [5.74, 6) is 0.165. The average molecular weight is 488 g/mol. The van der Waals surface area contributed by atoms with E-state index < -0.39 is 11.6 Å². The van der Waals surface area contributed by atoms with Crippen LogP contribution in [0.5, 0.6) is 17.2 Å². The predicted octanol–water partition coefficient (Wildman–Crippen LogP) is 5.70. The van der Waals surface area contributed by atoms with E-state index in [4.69, 9.17) is 14.2 Å². The van der Waals surface area contributed by atoms with Crippen molar-refractivity contribution >= 4 is 34.6 Å². The molecule has 2 heterocycles. The number of nitrogens with zero attached hydrogens (tertiary/aromatic N) is 3. The van der Waals surface area contributed by atoms with E-state index in [1.165, 1.54) is 17.4 Å². The lowest BCUT2D eigenvalue weighted by Crippen LogP contribution is -2.11. The predicted molar refractivity (Wildman–Crippen MR) is 126 cm³/mol. The van der Waals surface area contributed by atoms with Crippen LogP contribution >= 0.6 is 22.7 Å². The van der Waals surface area contributed by atoms with Crippen molar-refractivity contribution in [1.29, 1.82) is 0 Å². The number of methoxy groups -OCH3 is 3. The maximum atomic E-state index is 14.2. The first-order valence-electron chi connectivity index (χ1n) is 9.62. The van der Waals surface area contributed by atoms with Crippen LogP contribution in [0.1, 0.15) is 5.56 Å². The van der Waals surface area contributed by atoms with Crippen molar-refractivity contribution in [3.8, 4) is 27.8 Å². The van der Waals surface area contributed by atoms with Crippen LogP contribution in [0.2, 0.25) is 0 Å². The lowest BCUT2D eigenvalue weighted by molar-refractivity contribution is 0.349. The quantitative estimate of drug-likeness (QED) is 0.315. The molecule has 0 saturated heterocycles. The van der Waals surface area contributed by atoms with Crippen LogP contribution in [0.4, 0.5) is 14.5 Å². The number of hydrogen-bond donors (Lipinski definition) is 0. The van der Waals surface area contributed by atoms with Crippen LogP contribution in [0.25, 0.3) is 10.6 Å². The van der Waals surface area contributed by atoms with Crippen LogP contribution in [-0.2, 0) is 0 Å². The molecule has 170 valence electrons. The zero-order valence-electron chi connectivity index (χ0n) is 17.9. The third-order valence-corrected chi connectivity index (χ3v) is 6.34. The second kappa shape index (κ2) is 9.97. The molecule has 4 aromatic rings. The van der Waals surface area contributed by atoms with E-state index in [-0.39, 0.29) is 5.69 Å². The number of halogens is 2. The molecule has 6 nitrogen and oxygen atoms in total. The number of thiophene rings is 1. The standard InChI is InChI=1S/C23H19F2N3O3S2/c1-29-19-11-21(31-3)20(30-2)9-14(19)12-26-28-18(22-5-4-8-32-22)13-33-23(28)27-17-7-6-15(24)10-16(17)25/h4-13H,1-3H3. The highest BCUT2D eigenvalue weighted by molar-refractivity contribution is 7.14. The maximum Gasteiger partial charge on any atom is 0.211 e. The smallest absolute Gasteiger partial charge is 0.211 e. The first-order chi connectivity index (χ1) is 16.0. The number of ether oxygens (including phenoxy) is 3. The summed E-state index contributed by atoms with van der Waals surface area (Å²) in [7, 11) is 4.63. The van der Waals surface area contributed by atoms with Crippen LogP contribution in [0.15, 0.2) is 63.3 Å². The van der Waals surface area contributed by atoms with Crippen molar-refractivity contribution in [1.82, 2.24) is 4.68 Å². The van der Waals surface area contributed by atoms with Gasteiger partial charge in [0.15, 0.2) is 17.3 Å². The molecule has 0 fully saturated rings. The van der Waals surface area contributed by atoms with Gasteiger partial charge in [-0.2, -0.15) is 5.10 Å². The second-order valence-electron chi connectivity index (χ2n) is 6.59. The molecule has 0 aliphatic carbocycles. The summed E-state index contributed by atoms with van der Waals surface area (Å²) >= 11 is 2.83. The highest BCUT2D eigenvalue weighted by atomic mass is 32.1. The molecule has 0 aliphatic heterocycles. The fourth-order valence-corrected chi connectivity index (χ4v) is 4.67. The minimum Gasteiger partial charge on any atom is -0.496 e. The van der Waals surface area contributed by atoms with Gasteiger partial charge >= 0.3 is 0 Å². The Labute approximate surface area is 196 Å². The van der Waals surface area contributed by atoms with Crippen molar-refractivity contribution in [3.05, 3.63) is 75.2 Å². The molecular weight excluding hydrogens is 468 g/mol. The molecule has 0 atom stereocenters. The van der Waals surface area contributed by atoms with Crippen LogP contribution in [0.3, 0.4) is 0 Å². The summed E-state index contributed by atoms with van der Waals surface area (Å²) in [6.07, 6.45) is 1.60. The molecule has 0 N–H and O–H groups in total. The van der Waals surface area contributed by atoms with Gasteiger partial charge < -0.3 is 14.2 Å². The number of thiazole rings is 1. The van der Waals surface area contributed by atoms with Crippen LogP contribution in [-0.4, -0.2) is 32.2 Å². The molecular formula is C23H19F2N3O3S2. The van der Waals surface area contributed by atoms with E-state index in [0.717, 1.165) is 22.7 Å². The molecule has 0 saturated carbocycles. The van der Waals surface area contributed by atoms with Crippen LogP contribution < -0.4 is 19.0 Å². The third kappa shape index (κ3) is 4.81. The van der Waals surface area contributed by atoms with E-state index in [1.807, 2.05) is 22.9 Å². The molecule has 0 spiro atoms. The minimum absolute atomic E-state index is 0.0172. The van der Waals surface area contributed by atoms with Gasteiger partial charge in [0.1, 0.15) is 17.3 Å². The lowest BCUT2D eigenvalue weighted by atomic mass is 10.2. The summed E-state index contributed by atoms with van der Waals surface area (Å²) in [6, 6.07) is 10.6. The Morgan fingerprint density at radius 3 is 2.33 bits per heavy atom. The fourth-order valence-electron chi connectivity index (χ4n) is 3.03. The van der Waals surface area contributed by atoms with Gasteiger partial charge in [-0.15, -0.1) is 22.7 Å². The Morgan fingerprint density at radius 1 is 0.909 bits per heavy atom. The molecule has 4 rings (SSSR count). The molecule has 0 amide bonds. The largest absolute Gasteiger partial charge is 0.496 e. The molecule has 10 heteroatoms. The summed E-state index contributed by atoms with van der Waals surface area (Å²) in [6.45, 7) is 0. The number of aromatic nitrogens is 1. The minimum atomic E-state index is -0.752. The van der Waals surface area contributed by atoms with Gasteiger partial charge in [0, 0.05) is 23.1 Å². The molecule has 33 heavy (non-hydrogen) atoms. The monoisotopic (exact) mass is 487 g/mol. The summed E-state index contributed by atoms with van der Waals surface area (Å²) in [5, 5.41) is 8.45. The van der Waals surface area contributed by atoms with E-state index in [1.54, 1.807) is 55.7 Å². The van der Waals surface area contributed by atoms with Gasteiger partial charge in [-0.05, 0) is 29.6 Å². The maximum absolute atomic E-state index is 14.2. The highest BCUT2D eigenvalue weighted by Crippen LogP contribution is 2.34. The number of rotatable bonds is 7. The SMILES string of the molecule is COc1cc(OC)c(OC)cc1C=Nn1c(-c2cccs2)csc1=Nc1ccc(F)cc1F. The molecule has 2 aromatic carbocycles. The molecule has 0 radical (unpaired) electrons. The van der Waals surface area contributed by atoms with E-state index >= 15 is 0 Å². The normalized spacial score (nSPS) is 11.8. The fraction of sp³-hybridized carbons (Fsp3) is 0.130. The summed E-state index contributed by atoms with van der Waals surface area (Å²) < 4.78 is 45.3. The Hall–Kier alpha value is -3.50. The van der Waals surface area contributed by atoms with Gasteiger partial charge in [0.2, 0.25) is 4.80 Å². The molecule has 0 aliphatic rings. The Balaban J connectivity index is 1.86. The summed E-state index contributed by atoms with van der Waals surface area (Å²) in [5.41, 5.74) is 1.44. The Kier molecular flexibility index (Phi) is 6.85. The highest BCUT2D eigenvalue weighted by Gasteiger charge is 2.13. The van der Waals surface area contributed by atoms with E-state index in [9.17, 15) is 8.78 Å². The average Bonchev–Trinajstić information content (AvgIpc) is 3.48. The molecule has 2 aromatic heterocycles. The Morgan fingerprint density at radius 2 is 1.67 bits per heavy atom. The van der Waals surface area contributed by atoms with Crippen LogP contribution in [0, 0.1) is 11.6 Å². The van der Waals surface area contributed by atoms with Crippen molar-refractivity contribution in [2.75, 3.05) is 21.3 Å². The molecule has 0 bridgehead atoms. The topological polar surface area (TPSA) is 57.3 Å². The molecule has 0 unspecified atom stereocenters. The van der Waals surface area contributed by atoms with Gasteiger partial charge in [0.25, 0.3) is 0 Å². The van der Waals surface area contributed by atoms with Gasteiger partial charge in [-0.3, -0.25) is 0 Å². The first-order valence-corrected chi connectivity index (χ1v) is 11.4. The van der Waals surface area contributed by atoms with E-state index in [2.05, 4.69) is 10.1 Å². The van der Waals surface area contributed by atoms with Crippen molar-refractivity contribution in [3.63, 3.8) is 0 Å². The summed E-state index contributed by atoms with van der Waals surface area (Å²) in [4.78, 5) is 5.76. The zero-order valence-corrected chi connectivity index (χ0v) is 19.5.